The van der Waals surface area contributed by atoms with Gasteiger partial charge in [-0.1, -0.05) is 18.2 Å². The van der Waals surface area contributed by atoms with Gasteiger partial charge in [-0.3, -0.25) is 4.98 Å². The van der Waals surface area contributed by atoms with Gasteiger partial charge in [0.25, 0.3) is 6.43 Å². The SMILES string of the molecule is COc1cc2nccc(NCc3cccc(C(F)F)c3F)c2cc1O. The van der Waals surface area contributed by atoms with Gasteiger partial charge in [0.05, 0.1) is 18.2 Å². The molecule has 0 saturated carbocycles. The molecule has 0 saturated heterocycles. The van der Waals surface area contributed by atoms with E-state index in [9.17, 15) is 18.3 Å². The molecule has 0 spiro atoms. The van der Waals surface area contributed by atoms with Crippen molar-refractivity contribution in [3.63, 3.8) is 0 Å². The summed E-state index contributed by atoms with van der Waals surface area (Å²) < 4.78 is 44.7. The quantitative estimate of drug-likeness (QED) is 0.705. The molecule has 0 amide bonds. The topological polar surface area (TPSA) is 54.4 Å². The molecule has 0 atom stereocenters. The summed E-state index contributed by atoms with van der Waals surface area (Å²) in [4.78, 5) is 4.20. The lowest BCUT2D eigenvalue weighted by molar-refractivity contribution is 0.146. The fourth-order valence-corrected chi connectivity index (χ4v) is 2.57. The predicted molar refractivity (Wildman–Crippen MR) is 88.6 cm³/mol. The molecule has 2 aromatic carbocycles. The van der Waals surface area contributed by atoms with Crippen LogP contribution < -0.4 is 10.1 Å². The molecule has 3 aromatic rings. The number of phenolic OH excluding ortho intramolecular Hbond substituents is 1. The van der Waals surface area contributed by atoms with Crippen molar-refractivity contribution in [2.24, 2.45) is 0 Å². The first-order chi connectivity index (χ1) is 12.0. The molecule has 1 aromatic heterocycles. The van der Waals surface area contributed by atoms with Crippen LogP contribution in [0.15, 0.2) is 42.6 Å². The molecule has 0 aliphatic heterocycles. The van der Waals surface area contributed by atoms with Gasteiger partial charge >= 0.3 is 0 Å². The average molecular weight is 348 g/mol. The number of fused-ring (bicyclic) bond motifs is 1. The van der Waals surface area contributed by atoms with Crippen molar-refractivity contribution >= 4 is 16.6 Å². The number of methoxy groups -OCH3 is 1. The summed E-state index contributed by atoms with van der Waals surface area (Å²) in [6.45, 7) is 0.0122. The second-order valence-corrected chi connectivity index (χ2v) is 5.37. The number of hydrogen-bond donors (Lipinski definition) is 2. The van der Waals surface area contributed by atoms with E-state index in [-0.39, 0.29) is 23.6 Å². The van der Waals surface area contributed by atoms with Gasteiger partial charge < -0.3 is 15.2 Å². The van der Waals surface area contributed by atoms with E-state index in [2.05, 4.69) is 10.3 Å². The highest BCUT2D eigenvalue weighted by Gasteiger charge is 2.16. The molecule has 3 rings (SSSR count). The third-order valence-corrected chi connectivity index (χ3v) is 3.86. The Balaban J connectivity index is 1.92. The number of pyridine rings is 1. The number of nitrogens with one attached hydrogen (secondary N) is 1. The molecular formula is C18H15F3N2O2. The summed E-state index contributed by atoms with van der Waals surface area (Å²) in [6.07, 6.45) is -1.32. The molecule has 0 fully saturated rings. The van der Waals surface area contributed by atoms with Crippen molar-refractivity contribution < 1.29 is 23.0 Å². The zero-order valence-electron chi connectivity index (χ0n) is 13.3. The summed E-state index contributed by atoms with van der Waals surface area (Å²) in [5, 5.41) is 13.5. The highest BCUT2D eigenvalue weighted by molar-refractivity contribution is 5.93. The van der Waals surface area contributed by atoms with E-state index in [0.29, 0.717) is 16.6 Å². The maximum atomic E-state index is 14.1. The third-order valence-electron chi connectivity index (χ3n) is 3.86. The van der Waals surface area contributed by atoms with E-state index in [1.54, 1.807) is 18.3 Å². The Labute approximate surface area is 141 Å². The molecule has 1 heterocycles. The molecule has 0 aliphatic carbocycles. The molecule has 0 unspecified atom stereocenters. The summed E-state index contributed by atoms with van der Waals surface area (Å²) >= 11 is 0. The minimum Gasteiger partial charge on any atom is -0.504 e. The van der Waals surface area contributed by atoms with Gasteiger partial charge in [-0.05, 0) is 12.1 Å². The van der Waals surface area contributed by atoms with Gasteiger partial charge in [0, 0.05) is 35.4 Å². The van der Waals surface area contributed by atoms with Crippen molar-refractivity contribution in [3.8, 4) is 11.5 Å². The van der Waals surface area contributed by atoms with E-state index in [4.69, 9.17) is 4.74 Å². The fraction of sp³-hybridized carbons (Fsp3) is 0.167. The Morgan fingerprint density at radius 3 is 2.76 bits per heavy atom. The van der Waals surface area contributed by atoms with E-state index in [1.165, 1.54) is 25.3 Å². The summed E-state index contributed by atoms with van der Waals surface area (Å²) in [5.74, 6) is -0.697. The molecular weight excluding hydrogens is 333 g/mol. The largest absolute Gasteiger partial charge is 0.504 e. The van der Waals surface area contributed by atoms with Gasteiger partial charge in [0.2, 0.25) is 0 Å². The molecule has 130 valence electrons. The highest BCUT2D eigenvalue weighted by Crippen LogP contribution is 2.34. The molecule has 0 bridgehead atoms. The number of ether oxygens (including phenoxy) is 1. The number of alkyl halides is 2. The van der Waals surface area contributed by atoms with Crippen molar-refractivity contribution in [2.45, 2.75) is 13.0 Å². The van der Waals surface area contributed by atoms with Crippen molar-refractivity contribution in [3.05, 3.63) is 59.5 Å². The van der Waals surface area contributed by atoms with Crippen LogP contribution in [0.3, 0.4) is 0 Å². The molecule has 0 radical (unpaired) electrons. The number of nitrogens with zero attached hydrogens (tertiary/aromatic N) is 1. The molecule has 25 heavy (non-hydrogen) atoms. The van der Waals surface area contributed by atoms with Crippen LogP contribution in [0.1, 0.15) is 17.6 Å². The van der Waals surface area contributed by atoms with Crippen LogP contribution in [0.2, 0.25) is 0 Å². The molecule has 7 heteroatoms. The minimum absolute atomic E-state index is 0.0122. The number of phenols is 1. The number of benzene rings is 2. The first-order valence-corrected chi connectivity index (χ1v) is 7.46. The van der Waals surface area contributed by atoms with E-state index >= 15 is 0 Å². The van der Waals surface area contributed by atoms with Crippen LogP contribution in [-0.2, 0) is 6.54 Å². The monoisotopic (exact) mass is 348 g/mol. The van der Waals surface area contributed by atoms with E-state index in [1.807, 2.05) is 0 Å². The lowest BCUT2D eigenvalue weighted by Crippen LogP contribution is -2.05. The van der Waals surface area contributed by atoms with Gasteiger partial charge in [0.1, 0.15) is 5.82 Å². The molecule has 4 nitrogen and oxygen atoms in total. The van der Waals surface area contributed by atoms with Gasteiger partial charge in [-0.15, -0.1) is 0 Å². The summed E-state index contributed by atoms with van der Waals surface area (Å²) in [6, 6.07) is 8.61. The maximum absolute atomic E-state index is 14.1. The Bertz CT molecular complexity index is 916. The van der Waals surface area contributed by atoms with Gasteiger partial charge in [0.15, 0.2) is 11.5 Å². The van der Waals surface area contributed by atoms with Crippen LogP contribution in [-0.4, -0.2) is 17.2 Å². The fourth-order valence-electron chi connectivity index (χ4n) is 2.57. The van der Waals surface area contributed by atoms with Crippen LogP contribution in [0.25, 0.3) is 10.9 Å². The zero-order chi connectivity index (χ0) is 18.0. The van der Waals surface area contributed by atoms with Crippen molar-refractivity contribution in [1.29, 1.82) is 0 Å². The number of anilines is 1. The van der Waals surface area contributed by atoms with Crippen LogP contribution in [0.5, 0.6) is 11.5 Å². The first kappa shape index (κ1) is 16.9. The van der Waals surface area contributed by atoms with Crippen molar-refractivity contribution in [1.82, 2.24) is 4.98 Å². The number of rotatable bonds is 5. The predicted octanol–water partition coefficient (Wildman–Crippen LogP) is 4.64. The standard InChI is InChI=1S/C18H15F3N2O2/c1-25-16-8-14-12(7-15(16)24)13(5-6-22-14)23-9-10-3-2-4-11(17(10)19)18(20)21/h2-8,18,24H,9H2,1H3,(H,22,23). The lowest BCUT2D eigenvalue weighted by Gasteiger charge is -2.13. The van der Waals surface area contributed by atoms with Gasteiger partial charge in [-0.2, -0.15) is 0 Å². The first-order valence-electron chi connectivity index (χ1n) is 7.46. The van der Waals surface area contributed by atoms with Crippen LogP contribution in [0.4, 0.5) is 18.9 Å². The lowest BCUT2D eigenvalue weighted by atomic mass is 10.1. The minimum atomic E-state index is -2.87. The summed E-state index contributed by atoms with van der Waals surface area (Å²) in [7, 11) is 1.43. The third kappa shape index (κ3) is 3.31. The average Bonchev–Trinajstić information content (AvgIpc) is 2.60. The zero-order valence-corrected chi connectivity index (χ0v) is 13.3. The normalized spacial score (nSPS) is 11.1. The van der Waals surface area contributed by atoms with E-state index < -0.39 is 17.8 Å². The van der Waals surface area contributed by atoms with Crippen molar-refractivity contribution in [2.75, 3.05) is 12.4 Å². The van der Waals surface area contributed by atoms with Gasteiger partial charge in [-0.25, -0.2) is 13.2 Å². The number of hydrogen-bond acceptors (Lipinski definition) is 4. The molecule has 2 N–H and O–H groups in total. The Morgan fingerprint density at radius 1 is 1.24 bits per heavy atom. The van der Waals surface area contributed by atoms with Crippen LogP contribution in [0, 0.1) is 5.82 Å². The Kier molecular flexibility index (Phi) is 4.65. The highest BCUT2D eigenvalue weighted by atomic mass is 19.3. The second-order valence-electron chi connectivity index (χ2n) is 5.37. The number of halogens is 3. The maximum Gasteiger partial charge on any atom is 0.266 e. The number of aromatic nitrogens is 1. The Morgan fingerprint density at radius 2 is 2.04 bits per heavy atom. The molecule has 0 aliphatic rings. The number of aromatic hydroxyl groups is 1. The second kappa shape index (κ2) is 6.88. The smallest absolute Gasteiger partial charge is 0.266 e. The summed E-state index contributed by atoms with van der Waals surface area (Å²) in [5.41, 5.74) is 0.660. The Hall–Kier alpha value is -2.96. The van der Waals surface area contributed by atoms with Crippen LogP contribution >= 0.6 is 0 Å². The van der Waals surface area contributed by atoms with E-state index in [0.717, 1.165) is 6.07 Å².